The third kappa shape index (κ3) is 3.93. The van der Waals surface area contributed by atoms with Crippen LogP contribution in [0.5, 0.6) is 0 Å². The molecule has 0 unspecified atom stereocenters. The number of anilines is 3. The summed E-state index contributed by atoms with van der Waals surface area (Å²) in [6, 6.07) is 51.2. The summed E-state index contributed by atoms with van der Waals surface area (Å²) in [5.74, 6) is 0. The molecule has 7 aromatic rings. The van der Waals surface area contributed by atoms with Gasteiger partial charge in [-0.05, 0) is 141 Å². The van der Waals surface area contributed by atoms with Crippen molar-refractivity contribution in [1.82, 2.24) is 0 Å². The van der Waals surface area contributed by atoms with Crippen LogP contribution in [0.1, 0.15) is 11.1 Å². The highest BCUT2D eigenvalue weighted by Gasteiger charge is 2.24. The lowest BCUT2D eigenvalue weighted by Gasteiger charge is -2.28. The molecule has 8 rings (SSSR count). The quantitative estimate of drug-likeness (QED) is 0.222. The summed E-state index contributed by atoms with van der Waals surface area (Å²) in [7, 11) is 0. The molecule has 0 amide bonds. The number of hydrogen-bond acceptors (Lipinski definition) is 1. The Kier molecular flexibility index (Phi) is 5.33. The van der Waals surface area contributed by atoms with Crippen molar-refractivity contribution in [3.63, 3.8) is 0 Å². The van der Waals surface area contributed by atoms with Crippen LogP contribution < -0.4 is 4.90 Å². The van der Waals surface area contributed by atoms with Crippen LogP contribution in [0, 0.1) is 13.8 Å². The molecule has 1 heteroatoms. The van der Waals surface area contributed by atoms with Crippen LogP contribution in [-0.2, 0) is 0 Å². The van der Waals surface area contributed by atoms with Gasteiger partial charge in [-0.25, -0.2) is 0 Å². The summed E-state index contributed by atoms with van der Waals surface area (Å²) in [5, 5.41) is 5.13. The molecule has 0 heterocycles. The number of fused-ring (bicyclic) bond motifs is 6. The van der Waals surface area contributed by atoms with E-state index < -0.39 is 0 Å². The fourth-order valence-corrected chi connectivity index (χ4v) is 6.24. The summed E-state index contributed by atoms with van der Waals surface area (Å²) in [6.07, 6.45) is 0. The van der Waals surface area contributed by atoms with Gasteiger partial charge in [0.1, 0.15) is 0 Å². The molecule has 0 saturated carbocycles. The number of aryl methyl sites for hydroxylation is 2. The van der Waals surface area contributed by atoms with E-state index in [0.29, 0.717) is 0 Å². The lowest BCUT2D eigenvalue weighted by atomic mass is 9.78. The first kappa shape index (κ1) is 23.7. The normalized spacial score (nSPS) is 11.7. The Bertz CT molecular complexity index is 2100. The van der Waals surface area contributed by atoms with Crippen molar-refractivity contribution < 1.29 is 0 Å². The van der Waals surface area contributed by atoms with E-state index in [9.17, 15) is 0 Å². The molecule has 7 aromatic carbocycles. The second-order valence-corrected chi connectivity index (χ2v) is 11.2. The topological polar surface area (TPSA) is 3.24 Å². The summed E-state index contributed by atoms with van der Waals surface area (Å²) in [4.78, 5) is 2.38. The molecule has 0 aromatic heterocycles. The van der Waals surface area contributed by atoms with Gasteiger partial charge in [0.25, 0.3) is 0 Å². The molecule has 0 bridgehead atoms. The summed E-state index contributed by atoms with van der Waals surface area (Å²) >= 11 is 0. The van der Waals surface area contributed by atoms with E-state index in [1.807, 2.05) is 0 Å². The average molecular weight is 524 g/mol. The van der Waals surface area contributed by atoms with Gasteiger partial charge in [-0.1, -0.05) is 78.9 Å². The average Bonchev–Trinajstić information content (AvgIpc) is 3.02. The van der Waals surface area contributed by atoms with Crippen LogP contribution >= 0.6 is 0 Å². The SMILES string of the molecule is Cc1ccc(N(c2ccc(-c3ccccc3)cc2)c2ccc3cc4c(cc3c2)-c2cc3ccccc3cc2-4)cc1C. The Labute approximate surface area is 241 Å². The van der Waals surface area contributed by atoms with Crippen LogP contribution in [0.3, 0.4) is 0 Å². The van der Waals surface area contributed by atoms with Crippen molar-refractivity contribution in [2.75, 3.05) is 4.90 Å². The standard InChI is InChI=1S/C40H29N/c1-26-12-16-35(20-27(26)2)41(34-17-13-29(14-18-34)28-8-4-3-5-9-28)36-19-15-32-24-39-37-22-30-10-6-7-11-31(30)23-38(37)40(39)25-33(32)21-36/h3-25H,1-2H3. The van der Waals surface area contributed by atoms with E-state index in [4.69, 9.17) is 0 Å². The fraction of sp³-hybridized carbons (Fsp3) is 0.0500. The van der Waals surface area contributed by atoms with E-state index in [1.54, 1.807) is 0 Å². The third-order valence-electron chi connectivity index (χ3n) is 8.67. The first-order chi connectivity index (χ1) is 20.1. The molecule has 0 atom stereocenters. The lowest BCUT2D eigenvalue weighted by Crippen LogP contribution is -2.10. The molecule has 41 heavy (non-hydrogen) atoms. The van der Waals surface area contributed by atoms with Gasteiger partial charge < -0.3 is 4.90 Å². The Balaban J connectivity index is 1.24. The molecule has 0 aliphatic heterocycles. The molecule has 1 aliphatic rings. The van der Waals surface area contributed by atoms with Gasteiger partial charge in [0.2, 0.25) is 0 Å². The maximum atomic E-state index is 2.38. The molecular formula is C40H29N. The van der Waals surface area contributed by atoms with E-state index in [2.05, 4.69) is 158 Å². The second kappa shape index (κ2) is 9.21. The Morgan fingerprint density at radius 2 is 0.829 bits per heavy atom. The molecule has 0 spiro atoms. The second-order valence-electron chi connectivity index (χ2n) is 11.2. The maximum absolute atomic E-state index is 2.38. The van der Waals surface area contributed by atoms with Gasteiger partial charge in [-0.15, -0.1) is 0 Å². The Hall–Kier alpha value is -5.14. The smallest absolute Gasteiger partial charge is 0.0468 e. The number of hydrogen-bond donors (Lipinski definition) is 0. The number of benzene rings is 7. The number of rotatable bonds is 4. The predicted molar refractivity (Wildman–Crippen MR) is 175 cm³/mol. The van der Waals surface area contributed by atoms with E-state index in [1.165, 1.54) is 71.7 Å². The van der Waals surface area contributed by atoms with Gasteiger partial charge >= 0.3 is 0 Å². The van der Waals surface area contributed by atoms with Crippen molar-refractivity contribution >= 4 is 38.6 Å². The predicted octanol–water partition coefficient (Wildman–Crippen LogP) is 11.4. The molecule has 0 fully saturated rings. The van der Waals surface area contributed by atoms with Crippen molar-refractivity contribution in [2.24, 2.45) is 0 Å². The highest BCUT2D eigenvalue weighted by atomic mass is 15.1. The van der Waals surface area contributed by atoms with Crippen molar-refractivity contribution in [1.29, 1.82) is 0 Å². The zero-order valence-electron chi connectivity index (χ0n) is 23.2. The first-order valence-corrected chi connectivity index (χ1v) is 14.3. The summed E-state index contributed by atoms with van der Waals surface area (Å²) < 4.78 is 0. The monoisotopic (exact) mass is 523 g/mol. The summed E-state index contributed by atoms with van der Waals surface area (Å²) in [6.45, 7) is 4.36. The van der Waals surface area contributed by atoms with Crippen LogP contribution in [-0.4, -0.2) is 0 Å². The number of nitrogens with zero attached hydrogens (tertiary/aromatic N) is 1. The van der Waals surface area contributed by atoms with Crippen LogP contribution in [0.2, 0.25) is 0 Å². The largest absolute Gasteiger partial charge is 0.310 e. The van der Waals surface area contributed by atoms with Gasteiger partial charge in [0.05, 0.1) is 0 Å². The molecule has 194 valence electrons. The van der Waals surface area contributed by atoms with Crippen LogP contribution in [0.4, 0.5) is 17.1 Å². The van der Waals surface area contributed by atoms with Gasteiger partial charge in [0.15, 0.2) is 0 Å². The van der Waals surface area contributed by atoms with Gasteiger partial charge in [-0.2, -0.15) is 0 Å². The molecule has 1 nitrogen and oxygen atoms in total. The van der Waals surface area contributed by atoms with Crippen molar-refractivity contribution in [2.45, 2.75) is 13.8 Å². The van der Waals surface area contributed by atoms with Crippen LogP contribution in [0.25, 0.3) is 54.9 Å². The highest BCUT2D eigenvalue weighted by molar-refractivity contribution is 6.12. The molecule has 0 radical (unpaired) electrons. The minimum Gasteiger partial charge on any atom is -0.310 e. The van der Waals surface area contributed by atoms with Gasteiger partial charge in [0, 0.05) is 17.1 Å². The Morgan fingerprint density at radius 1 is 0.341 bits per heavy atom. The lowest BCUT2D eigenvalue weighted by molar-refractivity contribution is 1.25. The van der Waals surface area contributed by atoms with E-state index >= 15 is 0 Å². The zero-order chi connectivity index (χ0) is 27.5. The fourth-order valence-electron chi connectivity index (χ4n) is 6.24. The third-order valence-corrected chi connectivity index (χ3v) is 8.67. The molecule has 1 aliphatic carbocycles. The van der Waals surface area contributed by atoms with Gasteiger partial charge in [-0.3, -0.25) is 0 Å². The minimum atomic E-state index is 1.15. The maximum Gasteiger partial charge on any atom is 0.0468 e. The van der Waals surface area contributed by atoms with E-state index in [0.717, 1.165) is 11.4 Å². The van der Waals surface area contributed by atoms with Crippen molar-refractivity contribution in [3.8, 4) is 33.4 Å². The zero-order valence-corrected chi connectivity index (χ0v) is 23.2. The minimum absolute atomic E-state index is 1.15. The van der Waals surface area contributed by atoms with E-state index in [-0.39, 0.29) is 0 Å². The summed E-state index contributed by atoms with van der Waals surface area (Å²) in [5.41, 5.74) is 13.9. The van der Waals surface area contributed by atoms with Crippen molar-refractivity contribution in [3.05, 3.63) is 151 Å². The van der Waals surface area contributed by atoms with Crippen LogP contribution in [0.15, 0.2) is 140 Å². The molecule has 0 N–H and O–H groups in total. The highest BCUT2D eigenvalue weighted by Crippen LogP contribution is 2.50. The molecule has 0 saturated heterocycles. The first-order valence-electron chi connectivity index (χ1n) is 14.3. The Morgan fingerprint density at radius 3 is 1.46 bits per heavy atom. The molecular weight excluding hydrogens is 494 g/mol.